The molecule has 0 radical (unpaired) electrons. The summed E-state index contributed by atoms with van der Waals surface area (Å²) in [4.78, 5) is 42.5. The summed E-state index contributed by atoms with van der Waals surface area (Å²) in [7, 11) is 1.70. The van der Waals surface area contributed by atoms with Crippen LogP contribution in [0.25, 0.3) is 0 Å². The fraction of sp³-hybridized carbons (Fsp3) is 0.500. The Morgan fingerprint density at radius 3 is 1.44 bits per heavy atom. The average molecular weight is 1000 g/mol. The number of fused-ring (bicyclic) bond motifs is 9. The smallest absolute Gasteiger partial charge is 0.870 e. The number of hydrogen-bond donors (Lipinski definition) is 2. The summed E-state index contributed by atoms with van der Waals surface area (Å²) in [5.41, 5.74) is 7.18. The van der Waals surface area contributed by atoms with Gasteiger partial charge in [-0.15, -0.1) is 0 Å². The molecule has 17 heteroatoms. The number of nitrogens with zero attached hydrogens (tertiary/aromatic N) is 3. The van der Waals surface area contributed by atoms with Gasteiger partial charge < -0.3 is 49.5 Å². The van der Waals surface area contributed by atoms with Crippen LogP contribution in [-0.4, -0.2) is 119 Å². The second kappa shape index (κ2) is 21.4. The van der Waals surface area contributed by atoms with Crippen molar-refractivity contribution in [3.63, 3.8) is 0 Å². The van der Waals surface area contributed by atoms with Gasteiger partial charge >= 0.3 is 30.8 Å². The van der Waals surface area contributed by atoms with Crippen LogP contribution in [-0.2, 0) is 52.6 Å². The number of rotatable bonds is 4. The Morgan fingerprint density at radius 2 is 1.05 bits per heavy atom. The molecule has 3 fully saturated rings. The van der Waals surface area contributed by atoms with Crippen molar-refractivity contribution in [1.29, 1.82) is 0 Å². The summed E-state index contributed by atoms with van der Waals surface area (Å²) in [5, 5.41) is 12.1. The molecular weight excluding hydrogens is 951 g/mol. The predicted octanol–water partition coefficient (Wildman–Crippen LogP) is 2.70. The maximum atomic E-state index is 12.2. The summed E-state index contributed by atoms with van der Waals surface area (Å²) in [5.74, 6) is -1.28. The Bertz CT molecular complexity index is 1960. The largest absolute Gasteiger partial charge is 1.00 e. The van der Waals surface area contributed by atoms with Crippen molar-refractivity contribution in [2.45, 2.75) is 44.3 Å². The summed E-state index contributed by atoms with van der Waals surface area (Å²) < 4.78 is 25.0. The Balaban J connectivity index is 0.000000166. The molecule has 0 bridgehead atoms. The molecule has 3 saturated heterocycles. The molecule has 3 aromatic rings. The van der Waals surface area contributed by atoms with Gasteiger partial charge in [-0.2, -0.15) is 0 Å². The molecule has 0 aliphatic carbocycles. The number of amides is 1. The Labute approximate surface area is 382 Å². The van der Waals surface area contributed by atoms with Crippen LogP contribution in [0.4, 0.5) is 17.1 Å². The number of hydrogen-bond acceptors (Lipinski definition) is 11. The number of ether oxygens (including phenoxy) is 4. The zero-order valence-corrected chi connectivity index (χ0v) is 38.3. The molecule has 0 saturated carbocycles. The Hall–Kier alpha value is -2.65. The van der Waals surface area contributed by atoms with Gasteiger partial charge in [0.05, 0.1) is 82.1 Å². The Kier molecular flexibility index (Phi) is 17.2. The molecule has 6 atom stereocenters. The number of carbonyl (C=O) groups is 3. The third-order valence-electron chi connectivity index (χ3n) is 11.8. The molecule has 314 valence electrons. The van der Waals surface area contributed by atoms with Crippen molar-refractivity contribution < 1.29 is 62.8 Å². The third-order valence-corrected chi connectivity index (χ3v) is 13.2. The fourth-order valence-corrected chi connectivity index (χ4v) is 10.1. The van der Waals surface area contributed by atoms with Gasteiger partial charge in [-0.05, 0) is 79.3 Å². The number of esters is 1. The van der Waals surface area contributed by atoms with Crippen LogP contribution < -0.4 is 38.9 Å². The van der Waals surface area contributed by atoms with Crippen molar-refractivity contribution in [3.8, 4) is 0 Å². The van der Waals surface area contributed by atoms with Crippen LogP contribution in [0, 0.1) is 17.8 Å². The Morgan fingerprint density at radius 1 is 0.678 bits per heavy atom. The van der Waals surface area contributed by atoms with Crippen molar-refractivity contribution >= 4 is 82.7 Å². The molecule has 3 N–H and O–H groups in total. The van der Waals surface area contributed by atoms with E-state index in [1.54, 1.807) is 7.05 Å². The quantitative estimate of drug-likeness (QED) is 0.292. The van der Waals surface area contributed by atoms with Crippen LogP contribution in [0.3, 0.4) is 0 Å². The van der Waals surface area contributed by atoms with E-state index in [0.717, 1.165) is 63.8 Å². The topological polar surface area (TPSA) is 160 Å². The van der Waals surface area contributed by atoms with Gasteiger partial charge in [0.2, 0.25) is 5.91 Å². The van der Waals surface area contributed by atoms with E-state index in [9.17, 15) is 19.5 Å². The van der Waals surface area contributed by atoms with E-state index in [2.05, 4.69) is 98.1 Å². The number of nitrogens with one attached hydrogen (secondary N) is 1. The van der Waals surface area contributed by atoms with Gasteiger partial charge in [0.15, 0.2) is 0 Å². The first-order valence-corrected chi connectivity index (χ1v) is 21.9. The number of anilines is 3. The van der Waals surface area contributed by atoms with Crippen molar-refractivity contribution in [2.24, 2.45) is 17.8 Å². The maximum absolute atomic E-state index is 12.2. The van der Waals surface area contributed by atoms with E-state index in [1.165, 1.54) is 22.5 Å². The van der Waals surface area contributed by atoms with Crippen LogP contribution in [0.2, 0.25) is 0 Å². The molecule has 3 aromatic carbocycles. The predicted molar refractivity (Wildman–Crippen MR) is 230 cm³/mol. The van der Waals surface area contributed by atoms with Gasteiger partial charge in [0.1, 0.15) is 0 Å². The number of carboxylic acids is 1. The number of carbonyl (C=O) groups excluding carboxylic acids is 2. The first-order valence-electron chi connectivity index (χ1n) is 19.6. The minimum Gasteiger partial charge on any atom is -0.870 e. The first-order chi connectivity index (χ1) is 27.6. The zero-order valence-electron chi connectivity index (χ0n) is 33.6. The van der Waals surface area contributed by atoms with Gasteiger partial charge in [0, 0.05) is 57.2 Å². The molecule has 59 heavy (non-hydrogen) atoms. The number of halogens is 3. The maximum Gasteiger partial charge on any atom is 1.00 e. The van der Waals surface area contributed by atoms with E-state index in [1.807, 2.05) is 31.2 Å². The molecule has 13 nitrogen and oxygen atoms in total. The zero-order chi connectivity index (χ0) is 40.2. The van der Waals surface area contributed by atoms with Gasteiger partial charge in [0.25, 0.3) is 0 Å². The molecule has 9 rings (SSSR count). The SMILES string of the molecule is CCOC(=O)C1Cc2ccc(Br)cc2N2CCOCC12.CNC(=O)C1Cc2ccc(Br)cc2N2CCOCC12.O=C(O)C1Cc2ccc(Br)cc2N2CCOCC12.[Li+].[OH-]. The number of carboxylic acid groups (broad SMARTS) is 1. The van der Waals surface area contributed by atoms with E-state index in [-0.39, 0.29) is 72.1 Å². The monoisotopic (exact) mass is 998 g/mol. The normalized spacial score (nSPS) is 24.7. The van der Waals surface area contributed by atoms with Crippen molar-refractivity contribution in [1.82, 2.24) is 5.32 Å². The van der Waals surface area contributed by atoms with Crippen LogP contribution in [0.5, 0.6) is 0 Å². The van der Waals surface area contributed by atoms with E-state index < -0.39 is 5.97 Å². The number of morpholine rings is 3. The molecule has 6 aliphatic rings. The second-order valence-electron chi connectivity index (χ2n) is 15.0. The molecule has 6 aliphatic heterocycles. The molecular formula is C42H50Br3LiN4O9. The minimum atomic E-state index is -0.732. The summed E-state index contributed by atoms with van der Waals surface area (Å²) in [6.45, 7) is 8.53. The molecule has 6 heterocycles. The van der Waals surface area contributed by atoms with E-state index in [4.69, 9.17) is 18.9 Å². The molecule has 1 amide bonds. The third kappa shape index (κ3) is 10.5. The average Bonchev–Trinajstić information content (AvgIpc) is 3.23. The first kappa shape index (κ1) is 47.4. The number of benzene rings is 3. The fourth-order valence-electron chi connectivity index (χ4n) is 9.01. The van der Waals surface area contributed by atoms with Crippen LogP contribution >= 0.6 is 47.8 Å². The number of aliphatic carboxylic acids is 1. The molecule has 6 unspecified atom stereocenters. The summed E-state index contributed by atoms with van der Waals surface area (Å²) in [6.07, 6.45) is 2.10. The summed E-state index contributed by atoms with van der Waals surface area (Å²) in [6, 6.07) is 18.8. The summed E-state index contributed by atoms with van der Waals surface area (Å²) >= 11 is 10.5. The van der Waals surface area contributed by atoms with E-state index >= 15 is 0 Å². The van der Waals surface area contributed by atoms with Gasteiger partial charge in [-0.3, -0.25) is 14.4 Å². The molecule has 0 aromatic heterocycles. The van der Waals surface area contributed by atoms with Gasteiger partial charge in [-0.25, -0.2) is 0 Å². The van der Waals surface area contributed by atoms with E-state index in [0.29, 0.717) is 46.1 Å². The standard InChI is InChI=1S/C15H18BrNO3.C14H17BrN2O2.C13H14BrNO3.Li.H2O/c1-2-20-15(18)12-7-10-3-4-11(16)8-13(10)17-5-6-19-9-14(12)17;1-16-14(18)11-6-9-2-3-10(15)7-12(9)17-4-5-19-8-13(11)17;14-9-2-1-8-5-10(13(16)17)12-7-18-4-3-15(12)11(8)6-9;;/h3-4,8,12,14H,2,5-7,9H2,1H3;2-3,7,11,13H,4-6,8H2,1H3,(H,16,18);1-2,6,10,12H,3-5,7H2,(H,16,17);;1H2/q;;;+1;/p-1. The van der Waals surface area contributed by atoms with Crippen molar-refractivity contribution in [2.75, 3.05) is 87.6 Å². The second-order valence-corrected chi connectivity index (χ2v) is 17.7. The minimum absolute atomic E-state index is 0. The van der Waals surface area contributed by atoms with Crippen molar-refractivity contribution in [3.05, 3.63) is 84.7 Å². The van der Waals surface area contributed by atoms with Gasteiger partial charge in [-0.1, -0.05) is 66.0 Å². The van der Waals surface area contributed by atoms with Crippen LogP contribution in [0.15, 0.2) is 68.0 Å². The molecule has 0 spiro atoms. The van der Waals surface area contributed by atoms with Crippen LogP contribution in [0.1, 0.15) is 23.6 Å².